The van der Waals surface area contributed by atoms with Gasteiger partial charge < -0.3 is 5.73 Å². The van der Waals surface area contributed by atoms with E-state index < -0.39 is 0 Å². The molecule has 1 aromatic carbocycles. The van der Waals surface area contributed by atoms with Crippen molar-refractivity contribution in [2.45, 2.75) is 19.3 Å². The SMILES string of the molecule is NCCCCc1cn(-c2ccc(Br)cc2)nn1. The third-order valence-corrected chi connectivity index (χ3v) is 3.05. The summed E-state index contributed by atoms with van der Waals surface area (Å²) in [5.41, 5.74) is 7.49. The van der Waals surface area contributed by atoms with Crippen molar-refractivity contribution >= 4 is 15.9 Å². The third-order valence-electron chi connectivity index (χ3n) is 2.52. The van der Waals surface area contributed by atoms with Gasteiger partial charge in [-0.1, -0.05) is 21.1 Å². The minimum Gasteiger partial charge on any atom is -0.330 e. The Labute approximate surface area is 109 Å². The van der Waals surface area contributed by atoms with Gasteiger partial charge in [0.25, 0.3) is 0 Å². The number of aryl methyl sites for hydroxylation is 1. The lowest BCUT2D eigenvalue weighted by atomic mass is 10.2. The number of hydrogen-bond donors (Lipinski definition) is 1. The Hall–Kier alpha value is -1.20. The van der Waals surface area contributed by atoms with E-state index in [-0.39, 0.29) is 0 Å². The molecule has 0 aliphatic rings. The maximum atomic E-state index is 5.46. The number of benzene rings is 1. The van der Waals surface area contributed by atoms with Crippen molar-refractivity contribution in [1.29, 1.82) is 0 Å². The van der Waals surface area contributed by atoms with Crippen LogP contribution in [0.1, 0.15) is 18.5 Å². The molecule has 0 unspecified atom stereocenters. The number of nitrogens with zero attached hydrogens (tertiary/aromatic N) is 3. The van der Waals surface area contributed by atoms with E-state index >= 15 is 0 Å². The molecular weight excluding hydrogens is 280 g/mol. The molecule has 90 valence electrons. The minimum atomic E-state index is 0.737. The molecule has 0 aliphatic heterocycles. The second kappa shape index (κ2) is 5.93. The molecule has 0 aliphatic carbocycles. The van der Waals surface area contributed by atoms with Gasteiger partial charge in [0.15, 0.2) is 0 Å². The van der Waals surface area contributed by atoms with E-state index in [1.165, 1.54) is 0 Å². The van der Waals surface area contributed by atoms with Crippen LogP contribution in [0.25, 0.3) is 5.69 Å². The summed E-state index contributed by atoms with van der Waals surface area (Å²) in [6, 6.07) is 7.99. The van der Waals surface area contributed by atoms with Gasteiger partial charge in [0.05, 0.1) is 17.6 Å². The number of nitrogens with two attached hydrogens (primary N) is 1. The van der Waals surface area contributed by atoms with Crippen LogP contribution in [0.3, 0.4) is 0 Å². The fraction of sp³-hybridized carbons (Fsp3) is 0.333. The number of unbranched alkanes of at least 4 members (excludes halogenated alkanes) is 1. The van der Waals surface area contributed by atoms with Crippen molar-refractivity contribution < 1.29 is 0 Å². The van der Waals surface area contributed by atoms with Crippen LogP contribution in [0.4, 0.5) is 0 Å². The van der Waals surface area contributed by atoms with Gasteiger partial charge in [-0.25, -0.2) is 4.68 Å². The summed E-state index contributed by atoms with van der Waals surface area (Å²) < 4.78 is 2.86. The summed E-state index contributed by atoms with van der Waals surface area (Å²) in [7, 11) is 0. The van der Waals surface area contributed by atoms with E-state index in [4.69, 9.17) is 5.73 Å². The zero-order chi connectivity index (χ0) is 12.1. The molecule has 0 radical (unpaired) electrons. The van der Waals surface area contributed by atoms with Crippen LogP contribution in [0.5, 0.6) is 0 Å². The third kappa shape index (κ3) is 3.38. The van der Waals surface area contributed by atoms with Crippen LogP contribution < -0.4 is 5.73 Å². The van der Waals surface area contributed by atoms with Gasteiger partial charge >= 0.3 is 0 Å². The van der Waals surface area contributed by atoms with Gasteiger partial charge in [-0.2, -0.15) is 0 Å². The lowest BCUT2D eigenvalue weighted by Crippen LogP contribution is -1.99. The summed E-state index contributed by atoms with van der Waals surface area (Å²) in [5.74, 6) is 0. The van der Waals surface area contributed by atoms with Gasteiger partial charge in [-0.05, 0) is 50.1 Å². The van der Waals surface area contributed by atoms with E-state index in [0.717, 1.165) is 41.7 Å². The maximum absolute atomic E-state index is 5.46. The first-order chi connectivity index (χ1) is 8.29. The number of hydrogen-bond acceptors (Lipinski definition) is 3. The second-order valence-corrected chi connectivity index (χ2v) is 4.79. The molecule has 4 nitrogen and oxygen atoms in total. The zero-order valence-corrected chi connectivity index (χ0v) is 11.1. The van der Waals surface area contributed by atoms with Gasteiger partial charge in [0.2, 0.25) is 0 Å². The topological polar surface area (TPSA) is 56.7 Å². The lowest BCUT2D eigenvalue weighted by molar-refractivity contribution is 0.727. The monoisotopic (exact) mass is 294 g/mol. The van der Waals surface area contributed by atoms with Crippen molar-refractivity contribution in [3.8, 4) is 5.69 Å². The normalized spacial score (nSPS) is 10.7. The minimum absolute atomic E-state index is 0.737. The average molecular weight is 295 g/mol. The van der Waals surface area contributed by atoms with Gasteiger partial charge in [0, 0.05) is 4.47 Å². The molecule has 0 saturated carbocycles. The average Bonchev–Trinajstić information content (AvgIpc) is 2.79. The van der Waals surface area contributed by atoms with Crippen molar-refractivity contribution in [3.63, 3.8) is 0 Å². The van der Waals surface area contributed by atoms with Crippen molar-refractivity contribution in [2.24, 2.45) is 5.73 Å². The van der Waals surface area contributed by atoms with Crippen LogP contribution in [0.15, 0.2) is 34.9 Å². The first-order valence-corrected chi connectivity index (χ1v) is 6.46. The number of halogens is 1. The molecule has 0 bridgehead atoms. The Kier molecular flexibility index (Phi) is 4.28. The van der Waals surface area contributed by atoms with E-state index in [1.807, 2.05) is 30.5 Å². The molecular formula is C12H15BrN4. The van der Waals surface area contributed by atoms with Gasteiger partial charge in [0.1, 0.15) is 0 Å². The molecule has 0 atom stereocenters. The predicted octanol–water partition coefficient (Wildman–Crippen LogP) is 2.31. The zero-order valence-electron chi connectivity index (χ0n) is 9.51. The molecule has 0 fully saturated rings. The standard InChI is InChI=1S/C12H15BrN4/c13-10-4-6-12(7-5-10)17-9-11(15-16-17)3-1-2-8-14/h4-7,9H,1-3,8,14H2. The molecule has 1 aromatic heterocycles. The maximum Gasteiger partial charge on any atom is 0.0831 e. The van der Waals surface area contributed by atoms with Crippen molar-refractivity contribution in [2.75, 3.05) is 6.54 Å². The molecule has 0 amide bonds. The summed E-state index contributed by atoms with van der Waals surface area (Å²) in [6.07, 6.45) is 5.01. The number of rotatable bonds is 5. The van der Waals surface area contributed by atoms with Gasteiger partial charge in [-0.3, -0.25) is 0 Å². The molecule has 0 spiro atoms. The van der Waals surface area contributed by atoms with Crippen molar-refractivity contribution in [3.05, 3.63) is 40.6 Å². The van der Waals surface area contributed by atoms with Crippen LogP contribution in [0.2, 0.25) is 0 Å². The fourth-order valence-electron chi connectivity index (χ4n) is 1.58. The largest absolute Gasteiger partial charge is 0.330 e. The Balaban J connectivity index is 2.04. The van der Waals surface area contributed by atoms with Crippen LogP contribution in [0, 0.1) is 0 Å². The summed E-state index contributed by atoms with van der Waals surface area (Å²) in [6.45, 7) is 0.737. The smallest absolute Gasteiger partial charge is 0.0831 e. The molecule has 2 N–H and O–H groups in total. The fourth-order valence-corrected chi connectivity index (χ4v) is 1.85. The Morgan fingerprint density at radius 3 is 2.65 bits per heavy atom. The molecule has 2 aromatic rings. The van der Waals surface area contributed by atoms with Crippen LogP contribution in [-0.4, -0.2) is 21.5 Å². The Morgan fingerprint density at radius 1 is 1.18 bits per heavy atom. The first-order valence-electron chi connectivity index (χ1n) is 5.67. The van der Waals surface area contributed by atoms with E-state index in [2.05, 4.69) is 26.2 Å². The molecule has 0 saturated heterocycles. The van der Waals surface area contributed by atoms with E-state index in [9.17, 15) is 0 Å². The molecule has 1 heterocycles. The highest BCUT2D eigenvalue weighted by Crippen LogP contribution is 2.13. The Morgan fingerprint density at radius 2 is 1.94 bits per heavy atom. The van der Waals surface area contributed by atoms with Crippen LogP contribution >= 0.6 is 15.9 Å². The number of aromatic nitrogens is 3. The van der Waals surface area contributed by atoms with E-state index in [0.29, 0.717) is 0 Å². The summed E-state index contributed by atoms with van der Waals surface area (Å²) >= 11 is 3.41. The van der Waals surface area contributed by atoms with Crippen LogP contribution in [-0.2, 0) is 6.42 Å². The quantitative estimate of drug-likeness (QED) is 0.861. The highest BCUT2D eigenvalue weighted by Gasteiger charge is 2.02. The summed E-state index contributed by atoms with van der Waals surface area (Å²) in [5, 5.41) is 8.26. The predicted molar refractivity (Wildman–Crippen MR) is 71.1 cm³/mol. The first kappa shape index (κ1) is 12.3. The van der Waals surface area contributed by atoms with E-state index in [1.54, 1.807) is 4.68 Å². The highest BCUT2D eigenvalue weighted by atomic mass is 79.9. The summed E-state index contributed by atoms with van der Waals surface area (Å²) in [4.78, 5) is 0. The lowest BCUT2D eigenvalue weighted by Gasteiger charge is -1.99. The molecule has 2 rings (SSSR count). The van der Waals surface area contributed by atoms with Crippen molar-refractivity contribution in [1.82, 2.24) is 15.0 Å². The van der Waals surface area contributed by atoms with Gasteiger partial charge in [-0.15, -0.1) is 5.10 Å². The molecule has 17 heavy (non-hydrogen) atoms. The highest BCUT2D eigenvalue weighted by molar-refractivity contribution is 9.10. The Bertz CT molecular complexity index is 464. The molecule has 5 heteroatoms. The second-order valence-electron chi connectivity index (χ2n) is 3.88.